The van der Waals surface area contributed by atoms with Gasteiger partial charge in [-0.1, -0.05) is 55.8 Å². The van der Waals surface area contributed by atoms with Gasteiger partial charge >= 0.3 is 29.0 Å². The predicted molar refractivity (Wildman–Crippen MR) is 179 cm³/mol. The summed E-state index contributed by atoms with van der Waals surface area (Å²) < 4.78 is 0. The molecule has 0 aliphatic carbocycles. The molecule has 0 aromatic carbocycles. The average Bonchev–Trinajstić information content (AvgIpc) is 3.68. The van der Waals surface area contributed by atoms with Gasteiger partial charge in [-0.2, -0.15) is 0 Å². The molecule has 1 radical (unpaired) electrons. The molecule has 5 rings (SSSR count). The van der Waals surface area contributed by atoms with Crippen LogP contribution in [0.4, 0.5) is 0 Å². The van der Waals surface area contributed by atoms with Gasteiger partial charge < -0.3 is 25.5 Å². The van der Waals surface area contributed by atoms with E-state index in [-0.39, 0.29) is 59.2 Å². The Kier molecular flexibility index (Phi) is 10.6. The maximum Gasteiger partial charge on any atom is 2.00 e. The number of aromatic nitrogens is 4. The molecule has 1 amide bonds. The second-order valence-electron chi connectivity index (χ2n) is 11.9. The van der Waals surface area contributed by atoms with Crippen molar-refractivity contribution >= 4 is 57.1 Å². The van der Waals surface area contributed by atoms with Gasteiger partial charge in [-0.25, -0.2) is 9.78 Å². The van der Waals surface area contributed by atoms with Crippen LogP contribution in [-0.2, 0) is 33.1 Å². The van der Waals surface area contributed by atoms with Crippen molar-refractivity contribution in [3.05, 3.63) is 75.4 Å². The zero-order valence-electron chi connectivity index (χ0n) is 27.4. The summed E-state index contributed by atoms with van der Waals surface area (Å²) in [6.07, 6.45) is 2.44. The molecule has 2 aliphatic rings. The van der Waals surface area contributed by atoms with E-state index >= 15 is 0 Å². The number of aryl methyl sites for hydroxylation is 2. The Labute approximate surface area is 284 Å². The Balaban J connectivity index is 0.00000500. The SMILES string of the molecule is C=Cc1c(C)c2cc3nc(c(CC(=O)NCC)c4[n-]c(cc5nc(cc1[n-]2)C(C)=C5CC)c(C)c4C(=O)O)C(CCC(=O)O)C3C.[Cu+2]. The first kappa shape index (κ1) is 35.4. The Morgan fingerprint density at radius 3 is 2.28 bits per heavy atom. The number of rotatable bonds is 9. The number of amides is 1. The van der Waals surface area contributed by atoms with E-state index in [1.165, 1.54) is 0 Å². The first-order valence-corrected chi connectivity index (χ1v) is 15.6. The van der Waals surface area contributed by atoms with Gasteiger partial charge in [0.1, 0.15) is 0 Å². The number of carboxylic acids is 2. The van der Waals surface area contributed by atoms with Gasteiger partial charge in [0.15, 0.2) is 0 Å². The summed E-state index contributed by atoms with van der Waals surface area (Å²) in [5.74, 6) is -3.08. The zero-order chi connectivity index (χ0) is 33.4. The Morgan fingerprint density at radius 2 is 1.66 bits per heavy atom. The standard InChI is InChI=1S/C36H41N5O5.Cu/c1-8-21-17(4)25-14-27-19(6)23(11-12-32(43)44)34(40-27)24(13-31(42)37-10-3)35-33(36(45)46)20(7)28(41-35)16-30-22(9-2)18(5)26(39-30)15-29(21)38-25;/h8,14-16,19,23H,1,9-13H2,2-7H3,(H5,37,38,39,40,41,42,43,44,45,46);/q;+2/p-2. The number of carboxylic acid groups (broad SMARTS) is 2. The molecule has 10 nitrogen and oxygen atoms in total. The van der Waals surface area contributed by atoms with Crippen LogP contribution in [0.2, 0.25) is 0 Å². The van der Waals surface area contributed by atoms with E-state index in [4.69, 9.17) is 19.9 Å². The minimum absolute atomic E-state index is 0. The van der Waals surface area contributed by atoms with E-state index < -0.39 is 17.9 Å². The zero-order valence-corrected chi connectivity index (χ0v) is 28.4. The molecule has 0 fully saturated rings. The van der Waals surface area contributed by atoms with Crippen molar-refractivity contribution < 1.29 is 41.7 Å². The van der Waals surface area contributed by atoms with Gasteiger partial charge in [0.25, 0.3) is 0 Å². The molecule has 8 bridgehead atoms. The molecule has 11 heteroatoms. The van der Waals surface area contributed by atoms with Crippen molar-refractivity contribution in [2.75, 3.05) is 6.54 Å². The third-order valence-corrected chi connectivity index (χ3v) is 9.17. The number of carbonyl (C=O) groups is 3. The molecule has 3 aromatic rings. The van der Waals surface area contributed by atoms with Crippen molar-refractivity contribution in [1.82, 2.24) is 25.3 Å². The topological polar surface area (TPSA) is 158 Å². The van der Waals surface area contributed by atoms with Gasteiger partial charge in [-0.15, -0.1) is 22.1 Å². The van der Waals surface area contributed by atoms with Crippen molar-refractivity contribution in [2.45, 2.75) is 79.1 Å². The smallest absolute Gasteiger partial charge is 0.657 e. The van der Waals surface area contributed by atoms with Gasteiger partial charge in [0.2, 0.25) is 5.91 Å². The summed E-state index contributed by atoms with van der Waals surface area (Å²) in [6, 6.07) is 5.65. The van der Waals surface area contributed by atoms with Gasteiger partial charge in [0.05, 0.1) is 17.8 Å². The van der Waals surface area contributed by atoms with E-state index in [9.17, 15) is 24.6 Å². The van der Waals surface area contributed by atoms with Gasteiger partial charge in [-0.05, 0) is 62.8 Å². The number of aliphatic carboxylic acids is 1. The van der Waals surface area contributed by atoms with Gasteiger partial charge in [0, 0.05) is 41.8 Å². The summed E-state index contributed by atoms with van der Waals surface area (Å²) in [5, 5.41) is 22.9. The summed E-state index contributed by atoms with van der Waals surface area (Å²) in [4.78, 5) is 57.6. The van der Waals surface area contributed by atoms with E-state index in [1.807, 2.05) is 39.8 Å². The fraction of sp³-hybridized carbons (Fsp3) is 0.361. The number of nitrogens with zero attached hydrogens (tertiary/aromatic N) is 4. The largest absolute Gasteiger partial charge is 2.00 e. The number of likely N-dealkylation sites (N-methyl/N-ethyl adjacent to an activating group) is 1. The van der Waals surface area contributed by atoms with Crippen LogP contribution in [0.1, 0.15) is 114 Å². The van der Waals surface area contributed by atoms with Crippen molar-refractivity contribution in [1.29, 1.82) is 0 Å². The van der Waals surface area contributed by atoms with Crippen LogP contribution in [0, 0.1) is 13.8 Å². The van der Waals surface area contributed by atoms with Crippen LogP contribution >= 0.6 is 0 Å². The maximum atomic E-state index is 13.2. The van der Waals surface area contributed by atoms with Crippen LogP contribution in [0.3, 0.4) is 0 Å². The predicted octanol–water partition coefficient (Wildman–Crippen LogP) is 6.30. The normalized spacial score (nSPS) is 15.7. The summed E-state index contributed by atoms with van der Waals surface area (Å²) in [7, 11) is 0. The second kappa shape index (κ2) is 14.1. The third-order valence-electron chi connectivity index (χ3n) is 9.17. The van der Waals surface area contributed by atoms with Crippen LogP contribution in [-0.4, -0.2) is 44.6 Å². The molecule has 0 spiro atoms. The molecule has 3 N–H and O–H groups in total. The number of hydrogen-bond acceptors (Lipinski definition) is 5. The number of allylic oxidation sites excluding steroid dienone is 2. The maximum absolute atomic E-state index is 13.2. The number of nitrogens with one attached hydrogen (secondary N) is 1. The quantitative estimate of drug-likeness (QED) is 0.220. The number of aromatic carboxylic acids is 1. The van der Waals surface area contributed by atoms with Crippen molar-refractivity contribution in [2.24, 2.45) is 0 Å². The summed E-state index contributed by atoms with van der Waals surface area (Å²) in [5.41, 5.74) is 9.22. The first-order valence-electron chi connectivity index (χ1n) is 15.6. The monoisotopic (exact) mass is 684 g/mol. The number of hydrogen-bond donors (Lipinski definition) is 3. The number of fused-ring (bicyclic) bond motifs is 8. The molecule has 5 heterocycles. The fourth-order valence-corrected chi connectivity index (χ4v) is 6.63. The van der Waals surface area contributed by atoms with E-state index in [1.54, 1.807) is 26.0 Å². The molecule has 0 saturated carbocycles. The molecular formula is C36H39CuN5O5. The second-order valence-corrected chi connectivity index (χ2v) is 11.9. The van der Waals surface area contributed by atoms with Crippen LogP contribution in [0.15, 0.2) is 24.8 Å². The third kappa shape index (κ3) is 6.55. The molecule has 47 heavy (non-hydrogen) atoms. The summed E-state index contributed by atoms with van der Waals surface area (Å²) in [6.45, 7) is 15.9. The average molecular weight is 685 g/mol. The minimum Gasteiger partial charge on any atom is -0.657 e. The molecule has 0 saturated heterocycles. The fourth-order valence-electron chi connectivity index (χ4n) is 6.63. The van der Waals surface area contributed by atoms with Crippen molar-refractivity contribution in [3.63, 3.8) is 0 Å². The van der Waals surface area contributed by atoms with Gasteiger partial charge in [-0.3, -0.25) is 14.6 Å². The van der Waals surface area contributed by atoms with E-state index in [0.717, 1.165) is 33.5 Å². The van der Waals surface area contributed by atoms with E-state index in [2.05, 4.69) is 11.9 Å². The molecule has 2 unspecified atom stereocenters. The number of carbonyl (C=O) groups excluding carboxylic acids is 1. The molecule has 249 valence electrons. The van der Waals surface area contributed by atoms with Crippen molar-refractivity contribution in [3.8, 4) is 0 Å². The Morgan fingerprint density at radius 1 is 0.979 bits per heavy atom. The summed E-state index contributed by atoms with van der Waals surface area (Å²) >= 11 is 0. The van der Waals surface area contributed by atoms with E-state index in [0.29, 0.717) is 52.2 Å². The molecule has 2 atom stereocenters. The Bertz CT molecular complexity index is 1990. The Hall–Kier alpha value is -4.47. The molecule has 2 aliphatic heterocycles. The van der Waals surface area contributed by atoms with Crippen LogP contribution in [0.5, 0.6) is 0 Å². The van der Waals surface area contributed by atoms with Crippen LogP contribution in [0.25, 0.3) is 39.3 Å². The van der Waals surface area contributed by atoms with Crippen LogP contribution < -0.4 is 15.3 Å². The molecule has 3 aromatic heterocycles. The molecular weight excluding hydrogens is 646 g/mol. The first-order chi connectivity index (χ1) is 21.9. The minimum atomic E-state index is -1.17.